The third kappa shape index (κ3) is 5.93. The Balaban J connectivity index is 1.75. The van der Waals surface area contributed by atoms with Gasteiger partial charge in [-0.2, -0.15) is 0 Å². The lowest BCUT2D eigenvalue weighted by molar-refractivity contribution is -0.138. The van der Waals surface area contributed by atoms with E-state index in [0.717, 1.165) is 66.6 Å². The van der Waals surface area contributed by atoms with Crippen molar-refractivity contribution >= 4 is 83.1 Å². The van der Waals surface area contributed by atoms with Gasteiger partial charge in [0.25, 0.3) is 0 Å². The van der Waals surface area contributed by atoms with E-state index < -0.39 is 23.9 Å². The Morgan fingerprint density at radius 3 is 0.971 bits per heavy atom. The number of methoxy groups -OCH3 is 4. The fourth-order valence-electron chi connectivity index (χ4n) is 2.62. The quantitative estimate of drug-likeness (QED) is 0.380. The molecular weight excluding hydrogens is 521 g/mol. The highest BCUT2D eigenvalue weighted by Gasteiger charge is 2.33. The normalized spacial score (nSPS) is 15.3. The highest BCUT2D eigenvalue weighted by Crippen LogP contribution is 2.51. The number of hydrogen-bond acceptors (Lipinski definition) is 12. The van der Waals surface area contributed by atoms with E-state index in [1.54, 1.807) is 0 Å². The van der Waals surface area contributed by atoms with Crippen LogP contribution in [0, 0.1) is 0 Å². The molecule has 34 heavy (non-hydrogen) atoms. The highest BCUT2D eigenvalue weighted by atomic mass is 32.2. The van der Waals surface area contributed by atoms with Gasteiger partial charge in [0.15, 0.2) is 0 Å². The van der Waals surface area contributed by atoms with E-state index in [4.69, 9.17) is 18.9 Å². The van der Waals surface area contributed by atoms with Gasteiger partial charge in [0, 0.05) is 0 Å². The molecule has 0 amide bonds. The van der Waals surface area contributed by atoms with Crippen molar-refractivity contribution in [2.45, 2.75) is 0 Å². The standard InChI is InChI=1S/C22H18O8S4/c1-27-19(23)15-16(20(24)28-2)32-13(31-15)9-11-5-7-12(8-6-11)10-14-33-17(21(25)29-3)18(34-14)22(26)30-4/h5-10H,1-4H3. The Morgan fingerprint density at radius 2 is 0.765 bits per heavy atom. The number of benzene rings is 1. The van der Waals surface area contributed by atoms with Crippen LogP contribution >= 0.6 is 47.0 Å². The van der Waals surface area contributed by atoms with Crippen LogP contribution in [0.5, 0.6) is 0 Å². The summed E-state index contributed by atoms with van der Waals surface area (Å²) in [5.74, 6) is -2.38. The summed E-state index contributed by atoms with van der Waals surface area (Å²) < 4.78 is 20.5. The van der Waals surface area contributed by atoms with E-state index >= 15 is 0 Å². The minimum absolute atomic E-state index is 0.192. The molecule has 2 aliphatic heterocycles. The number of thioether (sulfide) groups is 4. The molecule has 3 rings (SSSR count). The summed E-state index contributed by atoms with van der Waals surface area (Å²) in [6.45, 7) is 0. The SMILES string of the molecule is COC(=O)C1=C(C(=O)OC)SC(=Cc2ccc(C=C3SC(C(=O)OC)=C(C(=O)OC)S3)cc2)S1. The third-order valence-corrected chi connectivity index (χ3v) is 9.05. The second-order valence-corrected chi connectivity index (χ2v) is 11.0. The van der Waals surface area contributed by atoms with Gasteiger partial charge >= 0.3 is 23.9 Å². The number of rotatable bonds is 6. The molecule has 1 aromatic rings. The van der Waals surface area contributed by atoms with Gasteiger partial charge in [-0.15, -0.1) is 0 Å². The maximum absolute atomic E-state index is 12.0. The first-order valence-corrected chi connectivity index (χ1v) is 12.6. The first-order valence-electron chi connectivity index (χ1n) is 9.38. The third-order valence-electron chi connectivity index (χ3n) is 4.21. The zero-order valence-electron chi connectivity index (χ0n) is 18.4. The van der Waals surface area contributed by atoms with Gasteiger partial charge in [0.05, 0.1) is 36.9 Å². The average Bonchev–Trinajstić information content (AvgIpc) is 3.47. The lowest BCUT2D eigenvalue weighted by Gasteiger charge is -2.01. The number of carbonyl (C=O) groups is 4. The summed E-state index contributed by atoms with van der Waals surface area (Å²) in [6.07, 6.45) is 3.69. The van der Waals surface area contributed by atoms with Gasteiger partial charge in [-0.1, -0.05) is 71.3 Å². The Morgan fingerprint density at radius 1 is 0.529 bits per heavy atom. The molecule has 12 heteroatoms. The van der Waals surface area contributed by atoms with E-state index in [1.807, 2.05) is 36.4 Å². The molecule has 0 saturated carbocycles. The van der Waals surface area contributed by atoms with Crippen LogP contribution in [0.15, 0.2) is 52.4 Å². The fraction of sp³-hybridized carbons (Fsp3) is 0.182. The molecule has 0 fully saturated rings. The maximum atomic E-state index is 12.0. The Labute approximate surface area is 212 Å². The summed E-state index contributed by atoms with van der Waals surface area (Å²) in [5, 5.41) is 0. The zero-order chi connectivity index (χ0) is 24.8. The highest BCUT2D eigenvalue weighted by molar-refractivity contribution is 8.30. The zero-order valence-corrected chi connectivity index (χ0v) is 21.6. The van der Waals surface area contributed by atoms with Crippen LogP contribution in [0.2, 0.25) is 0 Å². The minimum Gasteiger partial charge on any atom is -0.465 e. The molecule has 2 heterocycles. The van der Waals surface area contributed by atoms with Gasteiger partial charge < -0.3 is 18.9 Å². The summed E-state index contributed by atoms with van der Waals surface area (Å²) in [6, 6.07) is 7.48. The molecule has 2 aliphatic rings. The van der Waals surface area contributed by atoms with Crippen LogP contribution in [0.25, 0.3) is 12.2 Å². The van der Waals surface area contributed by atoms with E-state index in [1.165, 1.54) is 28.4 Å². The van der Waals surface area contributed by atoms with Crippen LogP contribution in [-0.2, 0) is 38.1 Å². The molecule has 0 aromatic heterocycles. The van der Waals surface area contributed by atoms with E-state index in [9.17, 15) is 19.2 Å². The summed E-state index contributed by atoms with van der Waals surface area (Å²) in [5.41, 5.74) is 1.70. The van der Waals surface area contributed by atoms with Crippen LogP contribution in [0.3, 0.4) is 0 Å². The van der Waals surface area contributed by atoms with Gasteiger partial charge in [0.2, 0.25) is 0 Å². The minimum atomic E-state index is -0.596. The van der Waals surface area contributed by atoms with Crippen molar-refractivity contribution in [3.8, 4) is 0 Å². The molecule has 1 aromatic carbocycles. The molecule has 0 unspecified atom stereocenters. The van der Waals surface area contributed by atoms with Crippen molar-refractivity contribution in [2.24, 2.45) is 0 Å². The molecule has 0 atom stereocenters. The first-order chi connectivity index (χ1) is 16.3. The summed E-state index contributed by atoms with van der Waals surface area (Å²) in [4.78, 5) is 48.8. The lowest BCUT2D eigenvalue weighted by atomic mass is 10.1. The van der Waals surface area contributed by atoms with Crippen LogP contribution in [0.1, 0.15) is 11.1 Å². The molecule has 0 radical (unpaired) electrons. The van der Waals surface area contributed by atoms with Gasteiger partial charge in [-0.3, -0.25) is 0 Å². The Hall–Kier alpha value is -2.54. The van der Waals surface area contributed by atoms with Crippen molar-refractivity contribution in [1.82, 2.24) is 0 Å². The van der Waals surface area contributed by atoms with Crippen molar-refractivity contribution < 1.29 is 38.1 Å². The number of carbonyl (C=O) groups excluding carboxylic acids is 4. The number of hydrogen-bond donors (Lipinski definition) is 0. The van der Waals surface area contributed by atoms with Crippen molar-refractivity contribution in [3.63, 3.8) is 0 Å². The Kier molecular flexibility index (Phi) is 9.00. The largest absolute Gasteiger partial charge is 0.465 e. The summed E-state index contributed by atoms with van der Waals surface area (Å²) >= 11 is 4.59. The molecule has 0 saturated heterocycles. The lowest BCUT2D eigenvalue weighted by Crippen LogP contribution is -2.08. The Bertz CT molecular complexity index is 1010. The molecule has 8 nitrogen and oxygen atoms in total. The van der Waals surface area contributed by atoms with Gasteiger partial charge in [-0.05, 0) is 23.3 Å². The van der Waals surface area contributed by atoms with Crippen molar-refractivity contribution in [3.05, 3.63) is 63.5 Å². The predicted octanol–water partition coefficient (Wildman–Crippen LogP) is 4.36. The fourth-order valence-corrected chi connectivity index (χ4v) is 7.41. The van der Waals surface area contributed by atoms with Crippen LogP contribution < -0.4 is 0 Å². The number of esters is 4. The smallest absolute Gasteiger partial charge is 0.346 e. The van der Waals surface area contributed by atoms with Gasteiger partial charge in [0.1, 0.15) is 19.6 Å². The molecule has 178 valence electrons. The molecular formula is C22H18O8S4. The molecule has 0 bridgehead atoms. The molecule has 0 spiro atoms. The second kappa shape index (κ2) is 11.7. The topological polar surface area (TPSA) is 105 Å². The number of ether oxygens (including phenoxy) is 4. The summed E-state index contributed by atoms with van der Waals surface area (Å²) in [7, 11) is 5.01. The first kappa shape index (κ1) is 26.1. The maximum Gasteiger partial charge on any atom is 0.346 e. The van der Waals surface area contributed by atoms with E-state index in [2.05, 4.69) is 0 Å². The monoisotopic (exact) mass is 538 g/mol. The van der Waals surface area contributed by atoms with Gasteiger partial charge in [-0.25, -0.2) is 19.2 Å². The average molecular weight is 539 g/mol. The van der Waals surface area contributed by atoms with Crippen LogP contribution in [-0.4, -0.2) is 52.3 Å². The molecule has 0 N–H and O–H groups in total. The van der Waals surface area contributed by atoms with Crippen LogP contribution in [0.4, 0.5) is 0 Å². The van der Waals surface area contributed by atoms with Crippen molar-refractivity contribution in [2.75, 3.05) is 28.4 Å². The van der Waals surface area contributed by atoms with E-state index in [0.29, 0.717) is 0 Å². The predicted molar refractivity (Wildman–Crippen MR) is 135 cm³/mol. The van der Waals surface area contributed by atoms with E-state index in [-0.39, 0.29) is 19.6 Å². The van der Waals surface area contributed by atoms with Crippen molar-refractivity contribution in [1.29, 1.82) is 0 Å². The molecule has 0 aliphatic carbocycles. The second-order valence-electron chi connectivity index (χ2n) is 6.28.